The van der Waals surface area contributed by atoms with Crippen molar-refractivity contribution in [1.82, 2.24) is 19.5 Å². The Balaban J connectivity index is 1.06. The Hall–Kier alpha value is -9.27. The second kappa shape index (κ2) is 24.6. The van der Waals surface area contributed by atoms with E-state index in [1.165, 1.54) is 71.6 Å². The average Bonchev–Trinajstić information content (AvgIpc) is 4.19. The highest BCUT2D eigenvalue weighted by Crippen LogP contribution is 2.43. The van der Waals surface area contributed by atoms with E-state index >= 15 is 0 Å². The van der Waals surface area contributed by atoms with Gasteiger partial charge in [-0.1, -0.05) is 109 Å². The highest BCUT2D eigenvalue weighted by molar-refractivity contribution is 7.86. The lowest BCUT2D eigenvalue weighted by Gasteiger charge is -2.37. The number of benzene rings is 6. The van der Waals surface area contributed by atoms with Crippen LogP contribution in [0.5, 0.6) is 11.6 Å². The van der Waals surface area contributed by atoms with Crippen LogP contribution in [0.15, 0.2) is 164 Å². The molecule has 9 rings (SSSR count). The van der Waals surface area contributed by atoms with E-state index in [4.69, 9.17) is 27.9 Å². The van der Waals surface area contributed by atoms with Crippen molar-refractivity contribution in [1.29, 1.82) is 0 Å². The number of hydrogen-bond acceptors (Lipinski definition) is 19. The van der Waals surface area contributed by atoms with Crippen LogP contribution in [0.1, 0.15) is 39.6 Å². The third-order valence-electron chi connectivity index (χ3n) is 13.1. The second-order valence-electron chi connectivity index (χ2n) is 18.1. The molecule has 412 valence electrons. The summed E-state index contributed by atoms with van der Waals surface area (Å²) in [5.74, 6) is -0.574. The first kappa shape index (κ1) is 55.5. The zero-order chi connectivity index (χ0) is 56.4. The number of aromatic nitrogens is 4. The van der Waals surface area contributed by atoms with Crippen LogP contribution in [0.3, 0.4) is 0 Å². The van der Waals surface area contributed by atoms with Crippen molar-refractivity contribution >= 4 is 50.4 Å². The minimum Gasteiger partial charge on any atom is -0.497 e. The number of rotatable bonds is 24. The molecule has 1 aliphatic rings. The number of nitro groups is 3. The maximum atomic E-state index is 14.1. The van der Waals surface area contributed by atoms with Crippen LogP contribution in [-0.2, 0) is 53.4 Å². The zero-order valence-electron chi connectivity index (χ0n) is 42.5. The molecule has 1 aliphatic heterocycles. The minimum atomic E-state index is -4.57. The van der Waals surface area contributed by atoms with Crippen molar-refractivity contribution in [2.45, 2.75) is 49.4 Å². The van der Waals surface area contributed by atoms with E-state index in [0.29, 0.717) is 39.1 Å². The number of ether oxygens (including phenoxy) is 5. The second-order valence-corrected chi connectivity index (χ2v) is 19.9. The molecular weight excluding hydrogens is 1060 g/mol. The number of anilines is 1. The van der Waals surface area contributed by atoms with Crippen LogP contribution in [0, 0.1) is 30.3 Å². The summed E-state index contributed by atoms with van der Waals surface area (Å²) in [4.78, 5) is 59.0. The number of methoxy groups -OCH3 is 1. The maximum Gasteiger partial charge on any atom is 0.414 e. The molecule has 1 amide bonds. The minimum absolute atomic E-state index is 0.00460. The number of nitro benzene ring substituents is 3. The molecule has 0 unspecified atom stereocenters. The van der Waals surface area contributed by atoms with Crippen LogP contribution in [-0.4, -0.2) is 105 Å². The van der Waals surface area contributed by atoms with Crippen molar-refractivity contribution in [3.8, 4) is 11.6 Å². The number of nitrogens with zero attached hydrogens (tertiary/aromatic N) is 7. The number of aliphatic hydroxyl groups excluding tert-OH is 1. The van der Waals surface area contributed by atoms with Gasteiger partial charge in [-0.05, 0) is 51.9 Å². The van der Waals surface area contributed by atoms with Crippen LogP contribution in [0.25, 0.3) is 11.2 Å². The Kier molecular flexibility index (Phi) is 17.1. The number of non-ortho nitro benzene ring substituents is 3. The number of amides is 1. The molecule has 24 nitrogen and oxygen atoms in total. The Morgan fingerprint density at radius 3 is 1.74 bits per heavy atom. The van der Waals surface area contributed by atoms with Gasteiger partial charge in [0.15, 0.2) is 23.5 Å². The largest absolute Gasteiger partial charge is 0.497 e. The first-order valence-corrected chi connectivity index (χ1v) is 26.3. The molecule has 0 aliphatic carbocycles. The van der Waals surface area contributed by atoms with Crippen molar-refractivity contribution < 1.29 is 61.0 Å². The highest BCUT2D eigenvalue weighted by atomic mass is 32.2. The Labute approximate surface area is 456 Å². The predicted octanol–water partition coefficient (Wildman–Crippen LogP) is 8.20. The fraction of sp³-hybridized carbons (Fsp3) is 0.236. The quantitative estimate of drug-likeness (QED) is 0.0249. The van der Waals surface area contributed by atoms with E-state index in [-0.39, 0.29) is 79.1 Å². The van der Waals surface area contributed by atoms with E-state index < -0.39 is 66.9 Å². The summed E-state index contributed by atoms with van der Waals surface area (Å²) in [6.07, 6.45) is -5.82. The van der Waals surface area contributed by atoms with Gasteiger partial charge in [0.25, 0.3) is 27.2 Å². The summed E-state index contributed by atoms with van der Waals surface area (Å²) >= 11 is 0. The third-order valence-corrected chi connectivity index (χ3v) is 14.3. The van der Waals surface area contributed by atoms with Gasteiger partial charge in [0.1, 0.15) is 23.6 Å². The van der Waals surface area contributed by atoms with Gasteiger partial charge in [-0.25, -0.2) is 9.78 Å². The molecule has 4 atom stereocenters. The van der Waals surface area contributed by atoms with Gasteiger partial charge in [0.05, 0.1) is 53.8 Å². The number of hydrogen-bond donors (Lipinski definition) is 2. The average molecular weight is 1110 g/mol. The highest BCUT2D eigenvalue weighted by Gasteiger charge is 2.50. The van der Waals surface area contributed by atoms with E-state index in [1.807, 2.05) is 72.8 Å². The first-order chi connectivity index (χ1) is 38.6. The van der Waals surface area contributed by atoms with E-state index in [0.717, 1.165) is 0 Å². The lowest BCUT2D eigenvalue weighted by atomic mass is 9.80. The summed E-state index contributed by atoms with van der Waals surface area (Å²) in [5.41, 5.74) is 1.98. The van der Waals surface area contributed by atoms with Gasteiger partial charge in [-0.2, -0.15) is 18.4 Å². The van der Waals surface area contributed by atoms with Crippen LogP contribution >= 0.6 is 0 Å². The molecule has 8 aromatic rings. The van der Waals surface area contributed by atoms with E-state index in [9.17, 15) is 48.7 Å². The van der Waals surface area contributed by atoms with Crippen LogP contribution in [0.2, 0.25) is 0 Å². The number of carbonyl (C=O) groups is 1. The molecule has 1 fully saturated rings. The van der Waals surface area contributed by atoms with Crippen molar-refractivity contribution in [3.05, 3.63) is 228 Å². The molecule has 80 heavy (non-hydrogen) atoms. The first-order valence-electron chi connectivity index (χ1n) is 24.8. The van der Waals surface area contributed by atoms with E-state index in [1.54, 1.807) is 31.4 Å². The summed E-state index contributed by atoms with van der Waals surface area (Å²) in [6, 6.07) is 42.8. The summed E-state index contributed by atoms with van der Waals surface area (Å²) in [7, 11) is -3.03. The fourth-order valence-electron chi connectivity index (χ4n) is 9.01. The lowest BCUT2D eigenvalue weighted by Crippen LogP contribution is -2.41. The Morgan fingerprint density at radius 2 is 1.21 bits per heavy atom. The maximum absolute atomic E-state index is 14.1. The number of aryl methyl sites for hydroxylation is 1. The SMILES string of the molecule is COc1ccc(C(OC[C@H]2O[C@@H](n3cnc4c(OCCc5ccc([N+](=O)[O-])cc5)nc(NC(=O)OCCc5ccc([N+](=O)[O-])cc5)nc43)[C@H](OS(=O)(=O)CCc3ccc([N+](=O)[O-])cc3)[C@@H]2O)(c2ccccc2)c2ccccc2)cc1. The third kappa shape index (κ3) is 12.8. The summed E-state index contributed by atoms with van der Waals surface area (Å²) in [6.45, 7) is -0.607. The molecule has 2 N–H and O–H groups in total. The monoisotopic (exact) mass is 1110 g/mol. The van der Waals surface area contributed by atoms with Gasteiger partial charge in [0, 0.05) is 49.2 Å². The topological polar surface area (TPSA) is 312 Å². The molecule has 3 heterocycles. The molecule has 1 saturated heterocycles. The number of aliphatic hydroxyl groups is 1. The van der Waals surface area contributed by atoms with Crippen LogP contribution in [0.4, 0.5) is 27.8 Å². The molecule has 25 heteroatoms. The van der Waals surface area contributed by atoms with Crippen LogP contribution < -0.4 is 14.8 Å². The molecule has 6 aromatic carbocycles. The smallest absolute Gasteiger partial charge is 0.414 e. The van der Waals surface area contributed by atoms with Crippen molar-refractivity contribution in [3.63, 3.8) is 0 Å². The van der Waals surface area contributed by atoms with Gasteiger partial charge in [-0.3, -0.25) is 44.4 Å². The molecular formula is C55H50N8O16S. The summed E-state index contributed by atoms with van der Waals surface area (Å²) in [5, 5.41) is 48.6. The van der Waals surface area contributed by atoms with Gasteiger partial charge in [-0.15, -0.1) is 0 Å². The van der Waals surface area contributed by atoms with Gasteiger partial charge >= 0.3 is 6.09 Å². The van der Waals surface area contributed by atoms with Gasteiger partial charge in [0.2, 0.25) is 11.8 Å². The normalized spacial score (nSPS) is 16.2. The standard InChI is InChI=1S/C55H50N8O16S/c1-74-45-26-18-41(19-27-45)55(39-8-4-2-5-9-39,40-10-6-3-7-11-40)77-34-46-48(64)49(79-80(72,73)33-30-38-16-24-44(25-17-38)63(70)71)52(78-46)60-35-56-47-50(60)57-53(58-51(47)75-31-28-36-12-20-42(21-13-36)61(66)67)59-54(65)76-32-29-37-14-22-43(23-15-37)62(68)69/h2-27,35,46,48-49,52,64H,28-34H2,1H3,(H,57,58,59,65)/t46-,48-,49-,52-/m1/s1. The van der Waals surface area contributed by atoms with Crippen molar-refractivity contribution in [2.75, 3.05) is 38.0 Å². The number of nitrogens with one attached hydrogen (secondary N) is 1. The van der Waals surface area contributed by atoms with Crippen molar-refractivity contribution in [2.24, 2.45) is 0 Å². The van der Waals surface area contributed by atoms with Gasteiger partial charge < -0.3 is 28.8 Å². The summed E-state index contributed by atoms with van der Waals surface area (Å²) < 4.78 is 66.1. The molecule has 0 radical (unpaired) electrons. The molecule has 0 bridgehead atoms. The number of fused-ring (bicyclic) bond motifs is 1. The molecule has 0 spiro atoms. The Bertz CT molecular complexity index is 3540. The number of imidazole rings is 1. The fourth-order valence-corrected chi connectivity index (χ4v) is 10.1. The molecule has 0 saturated carbocycles. The van der Waals surface area contributed by atoms with E-state index in [2.05, 4.69) is 20.3 Å². The predicted molar refractivity (Wildman–Crippen MR) is 286 cm³/mol. The Morgan fingerprint density at radius 1 is 0.700 bits per heavy atom. The zero-order valence-corrected chi connectivity index (χ0v) is 43.3. The lowest BCUT2D eigenvalue weighted by molar-refractivity contribution is -0.385. The number of carbonyl (C=O) groups excluding carboxylic acids is 1. The molecule has 2 aromatic heterocycles.